The van der Waals surface area contributed by atoms with E-state index in [0.29, 0.717) is 81.6 Å². The second-order valence-corrected chi connectivity index (χ2v) is 10.2. The minimum absolute atomic E-state index is 0.0607. The maximum atomic E-state index is 12.4. The van der Waals surface area contributed by atoms with Crippen molar-refractivity contribution in [3.8, 4) is 12.3 Å². The van der Waals surface area contributed by atoms with Crippen molar-refractivity contribution in [2.75, 3.05) is 57.1 Å². The van der Waals surface area contributed by atoms with Crippen LogP contribution in [0.25, 0.3) is 0 Å². The molecule has 1 heterocycles. The molecule has 1 saturated carbocycles. The second-order valence-electron chi connectivity index (χ2n) is 10.2. The summed E-state index contributed by atoms with van der Waals surface area (Å²) in [5.74, 6) is 2.75. The van der Waals surface area contributed by atoms with Gasteiger partial charge in [0.05, 0.1) is 43.5 Å². The summed E-state index contributed by atoms with van der Waals surface area (Å²) in [7, 11) is 0. The number of hydrogen-bond donors (Lipinski definition) is 6. The summed E-state index contributed by atoms with van der Waals surface area (Å²) < 4.78 is 9.94. The van der Waals surface area contributed by atoms with Crippen LogP contribution in [0.2, 0.25) is 0 Å². The Balaban J connectivity index is 0.000000607. The van der Waals surface area contributed by atoms with Crippen LogP contribution in [-0.2, 0) is 9.47 Å². The number of aliphatic hydroxyl groups excluding tert-OH is 1. The molecule has 1 aliphatic rings. The highest BCUT2D eigenvalue weighted by atomic mass is 16.5. The van der Waals surface area contributed by atoms with E-state index in [4.69, 9.17) is 27.4 Å². The standard InChI is InChI=1S/C26H34N6O3.C7H13NO2/c1-3-4-5-7-21(31-23-17(2)30-26(27)32-25(23)35)16-29-20-13-11-19(12-14-20)24(34)28-15-6-8-22(33)18-9-10-18;1-2-4-9-6-7-10-5-3-8/h5,7,11-14,29,33H,3-4,6,8-10,15-16H2,1-2H3,(H,28,34)(H3,27,30,32,35);1H,3-8H2/b7-5+,31-21?;. The van der Waals surface area contributed by atoms with E-state index in [0.717, 1.165) is 36.9 Å². The van der Waals surface area contributed by atoms with E-state index in [1.807, 2.05) is 24.3 Å². The number of allylic oxidation sites excluding steroid dienone is 3. The van der Waals surface area contributed by atoms with Gasteiger partial charge in [0.1, 0.15) is 12.3 Å². The van der Waals surface area contributed by atoms with Crippen molar-refractivity contribution in [1.29, 1.82) is 0 Å². The highest BCUT2D eigenvalue weighted by molar-refractivity contribution is 6.00. The number of aromatic nitrogens is 2. The summed E-state index contributed by atoms with van der Waals surface area (Å²) in [5, 5.41) is 16.0. The number of aliphatic hydroxyl groups is 1. The van der Waals surface area contributed by atoms with E-state index in [1.54, 1.807) is 19.1 Å². The smallest absolute Gasteiger partial charge is 0.278 e. The quantitative estimate of drug-likeness (QED) is 0.0620. The molecule has 0 saturated heterocycles. The number of anilines is 2. The number of terminal acetylenes is 1. The van der Waals surface area contributed by atoms with Crippen LogP contribution in [0.1, 0.15) is 61.5 Å². The van der Waals surface area contributed by atoms with E-state index in [1.165, 1.54) is 0 Å². The number of ether oxygens (including phenoxy) is 2. The van der Waals surface area contributed by atoms with Crippen molar-refractivity contribution < 1.29 is 19.4 Å². The number of aryl methyl sites for hydroxylation is 1. The number of benzene rings is 1. The SMILES string of the molecule is C#CCOCCOCCN.CCC/C=C/C(CNc1ccc(C(=O)NCCCC(O)=C2CC2)cc1)=Nc1c(C)nc(N)[nH]c1=O. The number of unbranched alkanes of at least 4 members (excludes halogenated alkanes) is 1. The lowest BCUT2D eigenvalue weighted by Crippen LogP contribution is -2.24. The van der Waals surface area contributed by atoms with Gasteiger partial charge < -0.3 is 36.7 Å². The summed E-state index contributed by atoms with van der Waals surface area (Å²) in [4.78, 5) is 35.7. The average Bonchev–Trinajstić information content (AvgIpc) is 3.88. The summed E-state index contributed by atoms with van der Waals surface area (Å²) >= 11 is 0. The van der Waals surface area contributed by atoms with Gasteiger partial charge in [-0.1, -0.05) is 25.3 Å². The molecule has 1 fully saturated rings. The highest BCUT2D eigenvalue weighted by Crippen LogP contribution is 2.31. The molecule has 1 aromatic carbocycles. The molecule has 0 atom stereocenters. The van der Waals surface area contributed by atoms with Crippen LogP contribution in [-0.4, -0.2) is 72.8 Å². The van der Waals surface area contributed by atoms with Gasteiger partial charge in [-0.2, -0.15) is 0 Å². The number of carbonyl (C=O) groups excluding carboxylic acids is 1. The molecular formula is C33H47N7O5. The zero-order valence-corrected chi connectivity index (χ0v) is 26.4. The van der Waals surface area contributed by atoms with E-state index in [2.05, 4.69) is 38.4 Å². The third-order valence-electron chi connectivity index (χ3n) is 6.33. The largest absolute Gasteiger partial charge is 0.512 e. The zero-order chi connectivity index (χ0) is 32.9. The molecule has 12 nitrogen and oxygen atoms in total. The van der Waals surface area contributed by atoms with Crippen LogP contribution in [0.5, 0.6) is 0 Å². The molecule has 0 bridgehead atoms. The fourth-order valence-electron chi connectivity index (χ4n) is 3.85. The number of rotatable bonds is 18. The Bertz CT molecular complexity index is 1390. The number of nitrogens with two attached hydrogens (primary N) is 2. The van der Waals surface area contributed by atoms with Crippen LogP contribution in [0.15, 0.2) is 57.5 Å². The van der Waals surface area contributed by atoms with Gasteiger partial charge in [-0.3, -0.25) is 14.6 Å². The van der Waals surface area contributed by atoms with Gasteiger partial charge in [0, 0.05) is 30.8 Å². The lowest BCUT2D eigenvalue weighted by molar-refractivity contribution is 0.0637. The molecule has 1 aromatic heterocycles. The van der Waals surface area contributed by atoms with Crippen LogP contribution in [0.4, 0.5) is 17.3 Å². The predicted molar refractivity (Wildman–Crippen MR) is 180 cm³/mol. The summed E-state index contributed by atoms with van der Waals surface area (Å²) in [6, 6.07) is 7.16. The number of hydrogen-bond acceptors (Lipinski definition) is 10. The second kappa shape index (κ2) is 21.3. The number of H-pyrrole nitrogens is 1. The number of carbonyl (C=O) groups is 1. The Kier molecular flexibility index (Phi) is 17.4. The Morgan fingerprint density at radius 3 is 2.60 bits per heavy atom. The molecule has 1 aliphatic carbocycles. The van der Waals surface area contributed by atoms with Gasteiger partial charge in [0.25, 0.3) is 11.5 Å². The number of aliphatic imine (C=N–C) groups is 1. The predicted octanol–water partition coefficient (Wildman–Crippen LogP) is 3.93. The average molecular weight is 622 g/mol. The fraction of sp³-hybridized carbons (Fsp3) is 0.455. The monoisotopic (exact) mass is 621 g/mol. The lowest BCUT2D eigenvalue weighted by atomic mass is 10.1. The summed E-state index contributed by atoms with van der Waals surface area (Å²) in [6.45, 7) is 7.28. The number of nitrogen functional groups attached to an aromatic ring is 1. The molecular weight excluding hydrogens is 574 g/mol. The normalized spacial score (nSPS) is 12.3. The molecule has 0 spiro atoms. The summed E-state index contributed by atoms with van der Waals surface area (Å²) in [6.07, 6.45) is 14.1. The van der Waals surface area contributed by atoms with Gasteiger partial charge in [-0.15, -0.1) is 6.42 Å². The first kappa shape index (κ1) is 36.8. The molecule has 3 rings (SSSR count). The van der Waals surface area contributed by atoms with Crippen molar-refractivity contribution in [3.63, 3.8) is 0 Å². The van der Waals surface area contributed by atoms with Gasteiger partial charge in [0.15, 0.2) is 0 Å². The minimum atomic E-state index is -0.383. The number of nitrogens with one attached hydrogen (secondary N) is 3. The minimum Gasteiger partial charge on any atom is -0.512 e. The fourth-order valence-corrected chi connectivity index (χ4v) is 3.85. The molecule has 0 unspecified atom stereocenters. The maximum Gasteiger partial charge on any atom is 0.278 e. The first-order chi connectivity index (χ1) is 21.8. The maximum absolute atomic E-state index is 12.4. The third kappa shape index (κ3) is 15.2. The number of amides is 1. The van der Waals surface area contributed by atoms with Crippen LogP contribution in [0, 0.1) is 19.3 Å². The van der Waals surface area contributed by atoms with Crippen molar-refractivity contribution in [2.24, 2.45) is 10.7 Å². The molecule has 244 valence electrons. The molecule has 0 aliphatic heterocycles. The Morgan fingerprint density at radius 2 is 1.96 bits per heavy atom. The number of nitrogens with zero attached hydrogens (tertiary/aromatic N) is 2. The van der Waals surface area contributed by atoms with Gasteiger partial charge in [-0.05, 0) is 68.5 Å². The Morgan fingerprint density at radius 1 is 1.22 bits per heavy atom. The molecule has 8 N–H and O–H groups in total. The van der Waals surface area contributed by atoms with Crippen molar-refractivity contribution in [1.82, 2.24) is 15.3 Å². The van der Waals surface area contributed by atoms with E-state index >= 15 is 0 Å². The topological polar surface area (TPSA) is 190 Å². The highest BCUT2D eigenvalue weighted by Gasteiger charge is 2.16. The van der Waals surface area contributed by atoms with Gasteiger partial charge in [0.2, 0.25) is 5.95 Å². The Labute approximate surface area is 265 Å². The van der Waals surface area contributed by atoms with Crippen molar-refractivity contribution >= 4 is 28.9 Å². The first-order valence-electron chi connectivity index (χ1n) is 15.2. The van der Waals surface area contributed by atoms with E-state index in [9.17, 15) is 14.7 Å². The molecule has 12 heteroatoms. The molecule has 45 heavy (non-hydrogen) atoms. The van der Waals surface area contributed by atoms with Crippen LogP contribution in [0.3, 0.4) is 0 Å². The zero-order valence-electron chi connectivity index (χ0n) is 26.4. The third-order valence-corrected chi connectivity index (χ3v) is 6.33. The number of aromatic amines is 1. The van der Waals surface area contributed by atoms with Gasteiger partial charge >= 0.3 is 0 Å². The van der Waals surface area contributed by atoms with Crippen molar-refractivity contribution in [3.05, 3.63) is 69.4 Å². The van der Waals surface area contributed by atoms with Crippen LogP contribution >= 0.6 is 0 Å². The Hall–Kier alpha value is -4.44. The lowest BCUT2D eigenvalue weighted by Gasteiger charge is -2.09. The van der Waals surface area contributed by atoms with Gasteiger partial charge in [-0.25, -0.2) is 9.98 Å². The first-order valence-corrected chi connectivity index (χ1v) is 15.2. The molecule has 1 amide bonds. The summed E-state index contributed by atoms with van der Waals surface area (Å²) in [5.41, 5.74) is 14.3. The van der Waals surface area contributed by atoms with Crippen LogP contribution < -0.4 is 27.7 Å². The van der Waals surface area contributed by atoms with E-state index < -0.39 is 0 Å². The van der Waals surface area contributed by atoms with Crippen molar-refractivity contribution in [2.45, 2.75) is 52.4 Å². The molecule has 2 aromatic rings. The molecule has 0 radical (unpaired) electrons. The van der Waals surface area contributed by atoms with E-state index in [-0.39, 0.29) is 23.1 Å².